The summed E-state index contributed by atoms with van der Waals surface area (Å²) in [4.78, 5) is 26.2. The summed E-state index contributed by atoms with van der Waals surface area (Å²) in [5.74, 6) is -0.442. The van der Waals surface area contributed by atoms with Crippen LogP contribution in [0.4, 0.5) is 20.2 Å². The van der Waals surface area contributed by atoms with E-state index in [0.29, 0.717) is 47.0 Å². The van der Waals surface area contributed by atoms with Gasteiger partial charge in [0.1, 0.15) is 40.1 Å². The number of aliphatic hydroxyl groups is 1. The van der Waals surface area contributed by atoms with E-state index in [0.717, 1.165) is 93.9 Å². The van der Waals surface area contributed by atoms with Gasteiger partial charge in [0.2, 0.25) is 0 Å². The van der Waals surface area contributed by atoms with Crippen LogP contribution in [-0.4, -0.2) is 68.3 Å². The lowest BCUT2D eigenvalue weighted by Gasteiger charge is -2.56. The predicted molar refractivity (Wildman–Crippen MR) is 226 cm³/mol. The number of likely N-dealkylation sites (tertiary alicyclic amines) is 1. The van der Waals surface area contributed by atoms with Gasteiger partial charge in [-0.25, -0.2) is 13.8 Å². The first-order valence-electron chi connectivity index (χ1n) is 21.0. The number of amides is 1. The predicted octanol–water partition coefficient (Wildman–Crippen LogP) is 9.03. The number of benzene rings is 3. The van der Waals surface area contributed by atoms with E-state index in [4.69, 9.17) is 4.74 Å². The molecule has 2 aliphatic carbocycles. The summed E-state index contributed by atoms with van der Waals surface area (Å²) >= 11 is -1.93. The van der Waals surface area contributed by atoms with Gasteiger partial charge in [0.05, 0.1) is 23.0 Å². The number of aromatic nitrogens is 2. The van der Waals surface area contributed by atoms with E-state index in [9.17, 15) is 18.8 Å². The number of carbonyl (C=O) groups excluding carboxylic acids is 1. The highest BCUT2D eigenvalue weighted by molar-refractivity contribution is 7.90. The molecule has 59 heavy (non-hydrogen) atoms. The third kappa shape index (κ3) is 8.52. The zero-order chi connectivity index (χ0) is 40.7. The zero-order valence-corrected chi connectivity index (χ0v) is 34.2. The second-order valence-corrected chi connectivity index (χ2v) is 18.7. The van der Waals surface area contributed by atoms with Gasteiger partial charge in [-0.05, 0) is 138 Å². The summed E-state index contributed by atoms with van der Waals surface area (Å²) in [6.45, 7) is 4.96. The smallest absolute Gasteiger partial charge is 0.296 e. The maximum absolute atomic E-state index is 16.2. The molecule has 2 aromatic heterocycles. The number of nitrogens with zero attached hydrogens (tertiary/aromatic N) is 3. The maximum atomic E-state index is 16.2. The largest absolute Gasteiger partial charge is 0.588 e. The summed E-state index contributed by atoms with van der Waals surface area (Å²) in [6.07, 6.45) is 12.8. The number of ether oxygens (including phenoxy) is 1. The molecule has 2 aliphatic heterocycles. The Morgan fingerprint density at radius 2 is 1.75 bits per heavy atom. The number of halogens is 2. The van der Waals surface area contributed by atoms with Crippen LogP contribution in [-0.2, 0) is 11.4 Å². The molecule has 5 aromatic rings. The second kappa shape index (κ2) is 16.4. The van der Waals surface area contributed by atoms with Crippen LogP contribution < -0.4 is 19.7 Å². The number of fused-ring (bicyclic) bond motifs is 1. The Labute approximate surface area is 347 Å². The highest BCUT2D eigenvalue weighted by Gasteiger charge is 2.50. The third-order valence-electron chi connectivity index (χ3n) is 13.5. The molecule has 0 bridgehead atoms. The van der Waals surface area contributed by atoms with E-state index in [1.54, 1.807) is 48.8 Å². The number of rotatable bonds is 11. The Morgan fingerprint density at radius 1 is 0.983 bits per heavy atom. The molecule has 3 aromatic carbocycles. The van der Waals surface area contributed by atoms with Crippen LogP contribution in [0.15, 0.2) is 90.1 Å². The molecular weight excluding hydrogens is 771 g/mol. The number of piperidine rings is 1. The van der Waals surface area contributed by atoms with Crippen molar-refractivity contribution in [2.24, 2.45) is 11.3 Å². The molecule has 2 saturated carbocycles. The molecule has 310 valence electrons. The first-order valence-corrected chi connectivity index (χ1v) is 22.2. The highest BCUT2D eigenvalue weighted by atomic mass is 32.2. The molecule has 4 N–H and O–H groups in total. The second-order valence-electron chi connectivity index (χ2n) is 17.5. The molecule has 4 aliphatic rings. The highest BCUT2D eigenvalue weighted by Crippen LogP contribution is 2.54. The van der Waals surface area contributed by atoms with Gasteiger partial charge < -0.3 is 29.6 Å². The number of aromatic amines is 1. The van der Waals surface area contributed by atoms with Crippen LogP contribution in [0.1, 0.15) is 93.1 Å². The molecule has 13 heteroatoms. The van der Waals surface area contributed by atoms with Gasteiger partial charge in [-0.2, -0.15) is 4.72 Å². The van der Waals surface area contributed by atoms with Crippen LogP contribution >= 0.6 is 0 Å². The minimum absolute atomic E-state index is 0.0798. The van der Waals surface area contributed by atoms with E-state index < -0.39 is 28.7 Å². The average molecular weight is 823 g/mol. The Kier molecular flexibility index (Phi) is 11.1. The lowest BCUT2D eigenvalue weighted by Crippen LogP contribution is -2.55. The Balaban J connectivity index is 0.871. The lowest BCUT2D eigenvalue weighted by molar-refractivity contribution is -0.0231. The summed E-state index contributed by atoms with van der Waals surface area (Å²) in [6, 6.07) is 21.1. The molecule has 2 saturated heterocycles. The molecule has 9 rings (SSSR count). The molecule has 4 heterocycles. The number of hydrogen-bond acceptors (Lipinski definition) is 8. The Hall–Kier alpha value is -4.69. The van der Waals surface area contributed by atoms with Crippen molar-refractivity contribution in [3.05, 3.63) is 108 Å². The van der Waals surface area contributed by atoms with E-state index in [2.05, 4.69) is 24.9 Å². The van der Waals surface area contributed by atoms with E-state index in [-0.39, 0.29) is 28.6 Å². The topological polar surface area (TPSA) is 129 Å². The van der Waals surface area contributed by atoms with Crippen LogP contribution in [0, 0.1) is 23.0 Å². The van der Waals surface area contributed by atoms with Crippen molar-refractivity contribution in [1.29, 1.82) is 0 Å². The molecule has 4 fully saturated rings. The van der Waals surface area contributed by atoms with Crippen LogP contribution in [0.5, 0.6) is 11.5 Å². The molecule has 0 radical (unpaired) electrons. The molecule has 1 amide bonds. The van der Waals surface area contributed by atoms with Crippen LogP contribution in [0.25, 0.3) is 11.0 Å². The Morgan fingerprint density at radius 3 is 2.51 bits per heavy atom. The third-order valence-corrected chi connectivity index (χ3v) is 14.5. The van der Waals surface area contributed by atoms with Gasteiger partial charge in [0.25, 0.3) is 5.91 Å². The van der Waals surface area contributed by atoms with Gasteiger partial charge in [-0.15, -0.1) is 0 Å². The first-order chi connectivity index (χ1) is 28.5. The van der Waals surface area contributed by atoms with Crippen molar-refractivity contribution in [2.75, 3.05) is 36.4 Å². The molecule has 10 nitrogen and oxygen atoms in total. The minimum Gasteiger partial charge on any atom is -0.588 e. The summed E-state index contributed by atoms with van der Waals surface area (Å²) in [5, 5.41) is 14.5. The van der Waals surface area contributed by atoms with Crippen molar-refractivity contribution in [3.63, 3.8) is 0 Å². The van der Waals surface area contributed by atoms with Crippen molar-refractivity contribution < 1.29 is 28.0 Å². The first kappa shape index (κ1) is 39.8. The fraction of sp³-hybridized carbons (Fsp3) is 0.435. The van der Waals surface area contributed by atoms with E-state index in [1.807, 2.05) is 42.2 Å². The fourth-order valence-electron chi connectivity index (χ4n) is 9.92. The number of nitrogens with one attached hydrogen (secondary N) is 3. The summed E-state index contributed by atoms with van der Waals surface area (Å²) in [5.41, 5.74) is 2.22. The van der Waals surface area contributed by atoms with Gasteiger partial charge in [-0.1, -0.05) is 18.2 Å². The van der Waals surface area contributed by atoms with Gasteiger partial charge in [-0.3, -0.25) is 9.69 Å². The standard InChI is InChI=1S/C46H52F2N6O4S/c1-45(56)15-12-30(13-16-45)28-50-32-8-10-35(11-9-32)59(57)52-44(55)37-24-39(48)41(25-42(37)58-34-23-31-14-19-49-43(31)51-29-34)53-21-17-46(18-22-53)26-33(27-46)54-20-4-7-40(54)36-5-2-3-6-38(36)47/h2-3,5-6,8-11,14,19,23-25,29-30,33,40,50,56H,4,7,12-13,15-18,20-22,26-28H2,1H3,(H,49,51)(H,52,55)/t30-,40?,45-,59?. The maximum Gasteiger partial charge on any atom is 0.296 e. The molecule has 2 atom stereocenters. The van der Waals surface area contributed by atoms with E-state index in [1.165, 1.54) is 6.07 Å². The number of carbonyl (C=O) groups is 1. The zero-order valence-electron chi connectivity index (χ0n) is 33.4. The number of H-pyrrole nitrogens is 1. The molecule has 2 unspecified atom stereocenters. The Bertz CT molecular complexity index is 2280. The quantitative estimate of drug-likeness (QED) is 0.0973. The fourth-order valence-corrected chi connectivity index (χ4v) is 10.7. The molecule has 1 spiro atoms. The van der Waals surface area contributed by atoms with Crippen LogP contribution in [0.2, 0.25) is 0 Å². The van der Waals surface area contributed by atoms with E-state index >= 15 is 4.39 Å². The van der Waals surface area contributed by atoms with Crippen molar-refractivity contribution in [2.45, 2.75) is 93.7 Å². The minimum atomic E-state index is -1.93. The van der Waals surface area contributed by atoms with Gasteiger partial charge in [0.15, 0.2) is 4.90 Å². The average Bonchev–Trinajstić information content (AvgIpc) is 3.90. The van der Waals surface area contributed by atoms with Crippen molar-refractivity contribution >= 4 is 39.7 Å². The number of anilines is 2. The van der Waals surface area contributed by atoms with Crippen LogP contribution in [0.3, 0.4) is 0 Å². The normalized spacial score (nSPS) is 23.9. The summed E-state index contributed by atoms with van der Waals surface area (Å²) in [7, 11) is 0. The van der Waals surface area contributed by atoms with Crippen molar-refractivity contribution in [3.8, 4) is 11.5 Å². The monoisotopic (exact) mass is 822 g/mol. The lowest BCUT2D eigenvalue weighted by atomic mass is 9.60. The van der Waals surface area contributed by atoms with Gasteiger partial charge in [0, 0.05) is 60.6 Å². The summed E-state index contributed by atoms with van der Waals surface area (Å²) < 4.78 is 53.3. The SMILES string of the molecule is C[C@]1(O)CC[C@H](CNc2ccc([S+]([O-])NC(=O)c3cc(F)c(N4CCC5(CC4)CC(N4CCCC4c4ccccc4F)C5)cc3Oc3cnc4[nH]ccc4c3)cc2)CC1. The number of pyridine rings is 1. The van der Waals surface area contributed by atoms with Crippen molar-refractivity contribution in [1.82, 2.24) is 19.6 Å². The molecular formula is C46H52F2N6O4S. The number of hydrogen-bond donors (Lipinski definition) is 4. The van der Waals surface area contributed by atoms with Gasteiger partial charge >= 0.3 is 0 Å².